The van der Waals surface area contributed by atoms with Gasteiger partial charge in [-0.05, 0) is 53.1 Å². The molecule has 6 nitrogen and oxygen atoms in total. The summed E-state index contributed by atoms with van der Waals surface area (Å²) in [5.41, 5.74) is 6.49. The monoisotopic (exact) mass is 583 g/mol. The lowest BCUT2D eigenvalue weighted by molar-refractivity contribution is -0.688. The predicted molar refractivity (Wildman–Crippen MR) is 142 cm³/mol. The van der Waals surface area contributed by atoms with E-state index in [9.17, 15) is 26.3 Å². The van der Waals surface area contributed by atoms with Gasteiger partial charge in [-0.2, -0.15) is 31.1 Å². The molecule has 0 aliphatic rings. The van der Waals surface area contributed by atoms with Gasteiger partial charge in [0.15, 0.2) is 18.9 Å². The third-order valence-corrected chi connectivity index (χ3v) is 6.99. The van der Waals surface area contributed by atoms with Crippen LogP contribution >= 0.6 is 0 Å². The summed E-state index contributed by atoms with van der Waals surface area (Å²) in [6.07, 6.45) is -5.59. The standard InChI is InChI=1S/C30H25F6N6/c1-2-42-39-27(38-40-42)21-5-3-20(4-6-21)19-41-17-15-24(16-18-41)28(37,22-7-11-25(12-8-22)29(31,32)33)23-9-13-26(14-10-23)30(34,35)36/h3-18H,2,19,37H2,1H3/q+1. The van der Waals surface area contributed by atoms with Crippen molar-refractivity contribution in [3.8, 4) is 11.4 Å². The van der Waals surface area contributed by atoms with Crippen molar-refractivity contribution in [1.82, 2.24) is 20.2 Å². The maximum absolute atomic E-state index is 13.2. The zero-order valence-corrected chi connectivity index (χ0v) is 22.2. The van der Waals surface area contributed by atoms with Crippen LogP contribution < -0.4 is 10.3 Å². The third kappa shape index (κ3) is 5.89. The summed E-state index contributed by atoms with van der Waals surface area (Å²) in [6.45, 7) is 3.02. The molecule has 0 aliphatic carbocycles. The minimum absolute atomic E-state index is 0.289. The molecule has 2 aromatic heterocycles. The number of halogens is 6. The van der Waals surface area contributed by atoms with Crippen molar-refractivity contribution >= 4 is 0 Å². The van der Waals surface area contributed by atoms with E-state index >= 15 is 0 Å². The molecule has 0 unspecified atom stereocenters. The fourth-order valence-electron chi connectivity index (χ4n) is 4.63. The van der Waals surface area contributed by atoms with Gasteiger partial charge in [-0.1, -0.05) is 48.5 Å². The van der Waals surface area contributed by atoms with Gasteiger partial charge in [0.1, 0.15) is 0 Å². The number of rotatable bonds is 7. The number of nitrogens with zero attached hydrogens (tertiary/aromatic N) is 5. The summed E-state index contributed by atoms with van der Waals surface area (Å²) in [7, 11) is 0. The Morgan fingerprint density at radius 3 is 1.55 bits per heavy atom. The van der Waals surface area contributed by atoms with Gasteiger partial charge in [-0.3, -0.25) is 0 Å². The maximum atomic E-state index is 13.2. The Balaban J connectivity index is 1.45. The highest BCUT2D eigenvalue weighted by Crippen LogP contribution is 2.38. The molecule has 0 spiro atoms. The molecule has 2 N–H and O–H groups in total. The summed E-state index contributed by atoms with van der Waals surface area (Å²) >= 11 is 0. The highest BCUT2D eigenvalue weighted by molar-refractivity contribution is 5.54. The van der Waals surface area contributed by atoms with Gasteiger partial charge in [-0.25, -0.2) is 4.57 Å². The Bertz CT molecular complexity index is 1580. The summed E-state index contributed by atoms with van der Waals surface area (Å²) in [6, 6.07) is 19.7. The van der Waals surface area contributed by atoms with Crippen molar-refractivity contribution in [3.05, 3.63) is 131 Å². The number of aryl methyl sites for hydroxylation is 1. The quantitative estimate of drug-likeness (QED) is 0.189. The van der Waals surface area contributed by atoms with E-state index in [1.807, 2.05) is 35.8 Å². The highest BCUT2D eigenvalue weighted by atomic mass is 19.4. The Morgan fingerprint density at radius 1 is 0.667 bits per heavy atom. The molecule has 5 rings (SSSR count). The first-order valence-corrected chi connectivity index (χ1v) is 12.9. The number of nitrogens with two attached hydrogens (primary N) is 1. The number of aromatic nitrogens is 5. The van der Waals surface area contributed by atoms with Crippen LogP contribution in [-0.2, 0) is 31.0 Å². The molecule has 216 valence electrons. The fraction of sp³-hybridized carbons (Fsp3) is 0.200. The smallest absolute Gasteiger partial charge is 0.314 e. The van der Waals surface area contributed by atoms with Crippen molar-refractivity contribution < 1.29 is 30.9 Å². The first-order valence-electron chi connectivity index (χ1n) is 12.9. The van der Waals surface area contributed by atoms with Crippen LogP contribution in [-0.4, -0.2) is 20.2 Å². The lowest BCUT2D eigenvalue weighted by atomic mass is 9.78. The molecule has 0 radical (unpaired) electrons. The van der Waals surface area contributed by atoms with E-state index in [-0.39, 0.29) is 11.1 Å². The Kier molecular flexibility index (Phi) is 7.58. The second kappa shape index (κ2) is 11.0. The zero-order chi connectivity index (χ0) is 30.1. The molecule has 2 heterocycles. The second-order valence-corrected chi connectivity index (χ2v) is 9.72. The van der Waals surface area contributed by atoms with Gasteiger partial charge in [0.2, 0.25) is 5.82 Å². The average molecular weight is 584 g/mol. The van der Waals surface area contributed by atoms with E-state index in [1.54, 1.807) is 24.5 Å². The second-order valence-electron chi connectivity index (χ2n) is 9.72. The van der Waals surface area contributed by atoms with E-state index in [0.717, 1.165) is 35.4 Å². The molecule has 3 aromatic carbocycles. The molecule has 0 aliphatic heterocycles. The molecule has 0 saturated carbocycles. The number of hydrogen-bond donors (Lipinski definition) is 1. The van der Waals surface area contributed by atoms with Crippen LogP contribution in [0.15, 0.2) is 97.3 Å². The van der Waals surface area contributed by atoms with Gasteiger partial charge < -0.3 is 5.73 Å². The third-order valence-electron chi connectivity index (χ3n) is 6.99. The van der Waals surface area contributed by atoms with E-state index in [4.69, 9.17) is 5.73 Å². The molecule has 42 heavy (non-hydrogen) atoms. The van der Waals surface area contributed by atoms with Crippen LogP contribution in [0, 0.1) is 0 Å². The number of tetrazole rings is 1. The number of pyridine rings is 1. The van der Waals surface area contributed by atoms with Crippen molar-refractivity contribution in [2.24, 2.45) is 5.73 Å². The topological polar surface area (TPSA) is 73.5 Å². The normalized spacial score (nSPS) is 12.5. The first kappa shape index (κ1) is 28.9. The molecular formula is C30H25F6N6+. The highest BCUT2D eigenvalue weighted by Gasteiger charge is 2.36. The van der Waals surface area contributed by atoms with Gasteiger partial charge >= 0.3 is 12.4 Å². The summed E-state index contributed by atoms with van der Waals surface area (Å²) in [5.74, 6) is 0.520. The zero-order valence-electron chi connectivity index (χ0n) is 22.2. The first-order chi connectivity index (χ1) is 19.9. The summed E-state index contributed by atoms with van der Waals surface area (Å²) in [5, 5.41) is 12.3. The SMILES string of the molecule is CCn1nnc(-c2ccc(C[n+]3ccc(C(N)(c4ccc(C(F)(F)F)cc4)c4ccc(C(F)(F)F)cc4)cc3)cc2)n1. The van der Waals surface area contributed by atoms with E-state index < -0.39 is 29.0 Å². The van der Waals surface area contributed by atoms with Crippen molar-refractivity contribution in [1.29, 1.82) is 0 Å². The van der Waals surface area contributed by atoms with Crippen LogP contribution in [0.4, 0.5) is 26.3 Å². The molecule has 0 amide bonds. The van der Waals surface area contributed by atoms with E-state index in [1.165, 1.54) is 29.1 Å². The van der Waals surface area contributed by atoms with Gasteiger partial charge in [0.05, 0.1) is 23.2 Å². The molecule has 12 heteroatoms. The average Bonchev–Trinajstić information content (AvgIpc) is 3.46. The van der Waals surface area contributed by atoms with Crippen LogP contribution in [0.2, 0.25) is 0 Å². The molecule has 0 atom stereocenters. The van der Waals surface area contributed by atoms with Gasteiger partial charge in [0, 0.05) is 23.3 Å². The molecule has 5 aromatic rings. The molecule has 0 saturated heterocycles. The number of hydrogen-bond acceptors (Lipinski definition) is 4. The number of benzene rings is 3. The van der Waals surface area contributed by atoms with Crippen LogP contribution in [0.25, 0.3) is 11.4 Å². The van der Waals surface area contributed by atoms with Crippen LogP contribution in [0.1, 0.15) is 40.3 Å². The van der Waals surface area contributed by atoms with Gasteiger partial charge in [-0.15, -0.1) is 10.2 Å². The van der Waals surface area contributed by atoms with Crippen molar-refractivity contribution in [2.45, 2.75) is 37.9 Å². The van der Waals surface area contributed by atoms with Crippen LogP contribution in [0.3, 0.4) is 0 Å². The molecule has 0 fully saturated rings. The molecular weight excluding hydrogens is 558 g/mol. The van der Waals surface area contributed by atoms with Crippen molar-refractivity contribution in [3.63, 3.8) is 0 Å². The van der Waals surface area contributed by atoms with E-state index in [2.05, 4.69) is 15.4 Å². The lowest BCUT2D eigenvalue weighted by Crippen LogP contribution is -2.41. The van der Waals surface area contributed by atoms with Crippen molar-refractivity contribution in [2.75, 3.05) is 0 Å². The Hall–Kier alpha value is -4.58. The Morgan fingerprint density at radius 2 is 1.12 bits per heavy atom. The minimum Gasteiger partial charge on any atom is -0.314 e. The molecule has 0 bridgehead atoms. The maximum Gasteiger partial charge on any atom is 0.416 e. The fourth-order valence-corrected chi connectivity index (χ4v) is 4.63. The Labute approximate surface area is 237 Å². The van der Waals surface area contributed by atoms with E-state index in [0.29, 0.717) is 24.5 Å². The lowest BCUT2D eigenvalue weighted by Gasteiger charge is -2.31. The van der Waals surface area contributed by atoms with Crippen LogP contribution in [0.5, 0.6) is 0 Å². The minimum atomic E-state index is -4.55. The summed E-state index contributed by atoms with van der Waals surface area (Å²) < 4.78 is 81.2. The number of alkyl halides is 6. The summed E-state index contributed by atoms with van der Waals surface area (Å²) in [4.78, 5) is 1.49. The predicted octanol–water partition coefficient (Wildman–Crippen LogP) is 5.98. The largest absolute Gasteiger partial charge is 0.416 e. The van der Waals surface area contributed by atoms with Gasteiger partial charge in [0.25, 0.3) is 0 Å².